The molecular weight excluding hydrogens is 256 g/mol. The molecule has 18 heavy (non-hydrogen) atoms. The van der Waals surface area contributed by atoms with Crippen LogP contribution in [-0.2, 0) is 4.79 Å². The van der Waals surface area contributed by atoms with Gasteiger partial charge in [0.2, 0.25) is 5.91 Å². The van der Waals surface area contributed by atoms with Crippen molar-refractivity contribution in [2.75, 3.05) is 32.8 Å². The quantitative estimate of drug-likeness (QED) is 0.612. The fourth-order valence-corrected chi connectivity index (χ4v) is 2.01. The van der Waals surface area contributed by atoms with Gasteiger partial charge in [0.1, 0.15) is 0 Å². The molecule has 0 atom stereocenters. The minimum absolute atomic E-state index is 0.142. The summed E-state index contributed by atoms with van der Waals surface area (Å²) in [4.78, 5) is 25.1. The third kappa shape index (κ3) is 4.44. The van der Waals surface area contributed by atoms with Crippen molar-refractivity contribution >= 4 is 23.2 Å². The molecular formula is C11H16N2O4S. The second-order valence-corrected chi connectivity index (χ2v) is 4.44. The van der Waals surface area contributed by atoms with Crippen LogP contribution in [0.5, 0.6) is 0 Å². The number of hydrogen-bond donors (Lipinski definition) is 3. The second kappa shape index (κ2) is 7.80. The van der Waals surface area contributed by atoms with Gasteiger partial charge in [-0.2, -0.15) is 0 Å². The van der Waals surface area contributed by atoms with Crippen LogP contribution in [0.4, 0.5) is 0 Å². The Bertz CT molecular complexity index is 374. The molecule has 0 aliphatic carbocycles. The van der Waals surface area contributed by atoms with Gasteiger partial charge in [0.15, 0.2) is 0 Å². The molecule has 0 spiro atoms. The number of carbonyl (C=O) groups is 2. The van der Waals surface area contributed by atoms with E-state index in [1.165, 1.54) is 16.2 Å². The van der Waals surface area contributed by atoms with Crippen LogP contribution in [0, 0.1) is 0 Å². The smallest absolute Gasteiger partial charge is 0.261 e. The zero-order valence-electron chi connectivity index (χ0n) is 9.83. The van der Waals surface area contributed by atoms with Gasteiger partial charge in [-0.1, -0.05) is 6.07 Å². The maximum Gasteiger partial charge on any atom is 0.261 e. The molecule has 100 valence electrons. The molecule has 3 N–H and O–H groups in total. The fraction of sp³-hybridized carbons (Fsp3) is 0.455. The standard InChI is InChI=1S/C11H16N2O4S/c14-5-3-13(4-6-15)10(16)8-12-11(17)9-2-1-7-18-9/h1-2,7,14-15H,3-6,8H2,(H,12,17). The Kier molecular flexibility index (Phi) is 6.34. The van der Waals surface area contributed by atoms with Gasteiger partial charge in [0, 0.05) is 13.1 Å². The van der Waals surface area contributed by atoms with Crippen LogP contribution in [0.25, 0.3) is 0 Å². The summed E-state index contributed by atoms with van der Waals surface area (Å²) < 4.78 is 0. The van der Waals surface area contributed by atoms with E-state index in [4.69, 9.17) is 10.2 Å². The van der Waals surface area contributed by atoms with E-state index < -0.39 is 0 Å². The average molecular weight is 272 g/mol. The maximum absolute atomic E-state index is 11.7. The average Bonchev–Trinajstić information content (AvgIpc) is 2.89. The number of thiophene rings is 1. The van der Waals surface area contributed by atoms with E-state index in [9.17, 15) is 9.59 Å². The van der Waals surface area contributed by atoms with E-state index in [-0.39, 0.29) is 44.7 Å². The van der Waals surface area contributed by atoms with Crippen LogP contribution in [0.2, 0.25) is 0 Å². The van der Waals surface area contributed by atoms with Gasteiger partial charge in [-0.3, -0.25) is 9.59 Å². The van der Waals surface area contributed by atoms with E-state index in [1.54, 1.807) is 17.5 Å². The first-order chi connectivity index (χ1) is 8.69. The summed E-state index contributed by atoms with van der Waals surface area (Å²) >= 11 is 1.29. The molecule has 2 amide bonds. The molecule has 7 heteroatoms. The minimum atomic E-state index is -0.331. The SMILES string of the molecule is O=C(NCC(=O)N(CCO)CCO)c1cccs1. The topological polar surface area (TPSA) is 89.9 Å². The number of aliphatic hydroxyl groups excluding tert-OH is 2. The summed E-state index contributed by atoms with van der Waals surface area (Å²) in [5, 5.41) is 21.8. The highest BCUT2D eigenvalue weighted by molar-refractivity contribution is 7.12. The van der Waals surface area contributed by atoms with Crippen LogP contribution in [0.1, 0.15) is 9.67 Å². The van der Waals surface area contributed by atoms with Gasteiger partial charge in [-0.05, 0) is 11.4 Å². The number of rotatable bonds is 7. The molecule has 1 rings (SSSR count). The predicted molar refractivity (Wildman–Crippen MR) is 67.4 cm³/mol. The van der Waals surface area contributed by atoms with Crippen molar-refractivity contribution in [3.63, 3.8) is 0 Å². The number of amides is 2. The maximum atomic E-state index is 11.7. The molecule has 6 nitrogen and oxygen atoms in total. The molecule has 0 saturated carbocycles. The lowest BCUT2D eigenvalue weighted by atomic mass is 10.4. The number of hydrogen-bond acceptors (Lipinski definition) is 5. The molecule has 1 aromatic heterocycles. The van der Waals surface area contributed by atoms with Crippen LogP contribution < -0.4 is 5.32 Å². The Morgan fingerprint density at radius 1 is 1.28 bits per heavy atom. The van der Waals surface area contributed by atoms with E-state index >= 15 is 0 Å². The van der Waals surface area contributed by atoms with E-state index in [0.29, 0.717) is 4.88 Å². The lowest BCUT2D eigenvalue weighted by Crippen LogP contribution is -2.42. The van der Waals surface area contributed by atoms with Crippen LogP contribution in [0.15, 0.2) is 17.5 Å². The van der Waals surface area contributed by atoms with Crippen LogP contribution in [0.3, 0.4) is 0 Å². The number of aliphatic hydroxyl groups is 2. The molecule has 0 aliphatic heterocycles. The Labute approximate surface area is 109 Å². The fourth-order valence-electron chi connectivity index (χ4n) is 1.37. The Balaban J connectivity index is 2.41. The molecule has 0 unspecified atom stereocenters. The molecule has 1 heterocycles. The highest BCUT2D eigenvalue weighted by atomic mass is 32.1. The highest BCUT2D eigenvalue weighted by Crippen LogP contribution is 2.07. The Morgan fingerprint density at radius 2 is 1.94 bits per heavy atom. The van der Waals surface area contributed by atoms with Gasteiger partial charge < -0.3 is 20.4 Å². The number of nitrogens with zero attached hydrogens (tertiary/aromatic N) is 1. The molecule has 0 aromatic carbocycles. The number of carbonyl (C=O) groups excluding carboxylic acids is 2. The van der Waals surface area contributed by atoms with Crippen molar-refractivity contribution < 1.29 is 19.8 Å². The normalized spacial score (nSPS) is 10.1. The van der Waals surface area contributed by atoms with Crippen LogP contribution >= 0.6 is 11.3 Å². The molecule has 0 saturated heterocycles. The van der Waals surface area contributed by atoms with Crippen molar-refractivity contribution in [1.29, 1.82) is 0 Å². The second-order valence-electron chi connectivity index (χ2n) is 3.49. The van der Waals surface area contributed by atoms with Crippen molar-refractivity contribution in [3.8, 4) is 0 Å². The van der Waals surface area contributed by atoms with Gasteiger partial charge >= 0.3 is 0 Å². The third-order valence-electron chi connectivity index (χ3n) is 2.24. The Hall–Kier alpha value is -1.44. The molecule has 0 radical (unpaired) electrons. The van der Waals surface area contributed by atoms with Gasteiger partial charge in [0.05, 0.1) is 24.6 Å². The van der Waals surface area contributed by atoms with Crippen LogP contribution in [-0.4, -0.2) is 59.8 Å². The zero-order chi connectivity index (χ0) is 13.4. The van der Waals surface area contributed by atoms with Crippen molar-refractivity contribution in [2.45, 2.75) is 0 Å². The Morgan fingerprint density at radius 3 is 2.44 bits per heavy atom. The van der Waals surface area contributed by atoms with E-state index in [1.807, 2.05) is 0 Å². The van der Waals surface area contributed by atoms with Crippen molar-refractivity contribution in [1.82, 2.24) is 10.2 Å². The summed E-state index contributed by atoms with van der Waals surface area (Å²) in [6.07, 6.45) is 0. The first kappa shape index (κ1) is 14.6. The lowest BCUT2D eigenvalue weighted by Gasteiger charge is -2.20. The van der Waals surface area contributed by atoms with Gasteiger partial charge in [-0.25, -0.2) is 0 Å². The monoisotopic (exact) mass is 272 g/mol. The lowest BCUT2D eigenvalue weighted by molar-refractivity contribution is -0.131. The summed E-state index contributed by atoms with van der Waals surface area (Å²) in [6.45, 7) is -0.200. The summed E-state index contributed by atoms with van der Waals surface area (Å²) in [5.41, 5.74) is 0. The van der Waals surface area contributed by atoms with E-state index in [0.717, 1.165) is 0 Å². The highest BCUT2D eigenvalue weighted by Gasteiger charge is 2.14. The number of nitrogens with one attached hydrogen (secondary N) is 1. The molecule has 0 fully saturated rings. The van der Waals surface area contributed by atoms with Crippen molar-refractivity contribution in [2.24, 2.45) is 0 Å². The predicted octanol–water partition coefficient (Wildman–Crippen LogP) is -0.709. The molecule has 0 aliphatic rings. The molecule has 1 aromatic rings. The summed E-state index contributed by atoms with van der Waals surface area (Å²) in [6, 6.07) is 3.43. The first-order valence-corrected chi connectivity index (χ1v) is 6.38. The largest absolute Gasteiger partial charge is 0.395 e. The minimum Gasteiger partial charge on any atom is -0.395 e. The van der Waals surface area contributed by atoms with Gasteiger partial charge in [0.25, 0.3) is 5.91 Å². The van der Waals surface area contributed by atoms with Crippen molar-refractivity contribution in [3.05, 3.63) is 22.4 Å². The summed E-state index contributed by atoms with van der Waals surface area (Å²) in [7, 11) is 0. The third-order valence-corrected chi connectivity index (χ3v) is 3.11. The first-order valence-electron chi connectivity index (χ1n) is 5.50. The summed E-state index contributed by atoms with van der Waals surface area (Å²) in [5.74, 6) is -0.630. The van der Waals surface area contributed by atoms with E-state index in [2.05, 4.69) is 5.32 Å². The van der Waals surface area contributed by atoms with Gasteiger partial charge in [-0.15, -0.1) is 11.3 Å². The molecule has 0 bridgehead atoms. The zero-order valence-corrected chi connectivity index (χ0v) is 10.7.